The molecule has 2 aliphatic heterocycles. The molecule has 1 amide bonds. The lowest BCUT2D eigenvalue weighted by Gasteiger charge is -2.37. The summed E-state index contributed by atoms with van der Waals surface area (Å²) in [6.07, 6.45) is 5.66. The van der Waals surface area contributed by atoms with Gasteiger partial charge in [0.1, 0.15) is 11.6 Å². The maximum absolute atomic E-state index is 12.9. The number of carbonyl (C=O) groups excluding carboxylic acids is 1. The highest BCUT2D eigenvalue weighted by Crippen LogP contribution is 2.29. The minimum absolute atomic E-state index is 0.107. The number of nitrogens with zero attached hydrogens (tertiary/aromatic N) is 5. The van der Waals surface area contributed by atoms with Gasteiger partial charge in [-0.1, -0.05) is 0 Å². The summed E-state index contributed by atoms with van der Waals surface area (Å²) < 4.78 is 12.9. The second kappa shape index (κ2) is 6.54. The molecule has 6 nitrogen and oxygen atoms in total. The Morgan fingerprint density at radius 1 is 1.28 bits per heavy atom. The highest BCUT2D eigenvalue weighted by molar-refractivity contribution is 5.88. The summed E-state index contributed by atoms with van der Waals surface area (Å²) in [7, 11) is 0. The van der Waals surface area contributed by atoms with Crippen LogP contribution in [0.15, 0.2) is 18.5 Å². The SMILES string of the molecule is Cc1nc(N2CCC(N3CC(CF)CC3=O)CC2)c2ccncc2n1. The predicted molar refractivity (Wildman–Crippen MR) is 93.1 cm³/mol. The van der Waals surface area contributed by atoms with Gasteiger partial charge >= 0.3 is 0 Å². The van der Waals surface area contributed by atoms with Gasteiger partial charge in [-0.05, 0) is 25.8 Å². The third-order valence-corrected chi connectivity index (χ3v) is 5.25. The van der Waals surface area contributed by atoms with Gasteiger partial charge in [-0.25, -0.2) is 9.97 Å². The summed E-state index contributed by atoms with van der Waals surface area (Å²) in [5, 5.41) is 1.01. The van der Waals surface area contributed by atoms with Crippen LogP contribution in [0.4, 0.5) is 10.2 Å². The molecule has 4 rings (SSSR count). The summed E-state index contributed by atoms with van der Waals surface area (Å²) in [5.41, 5.74) is 0.854. The zero-order valence-electron chi connectivity index (χ0n) is 14.4. The van der Waals surface area contributed by atoms with Crippen LogP contribution in [0, 0.1) is 12.8 Å². The number of hydrogen-bond acceptors (Lipinski definition) is 5. The number of hydrogen-bond donors (Lipinski definition) is 0. The fourth-order valence-corrected chi connectivity index (χ4v) is 3.97. The zero-order chi connectivity index (χ0) is 17.4. The molecule has 7 heteroatoms. The molecule has 0 N–H and O–H groups in total. The molecule has 132 valence electrons. The molecule has 0 bridgehead atoms. The molecule has 0 radical (unpaired) electrons. The van der Waals surface area contributed by atoms with Crippen molar-refractivity contribution in [2.24, 2.45) is 5.92 Å². The van der Waals surface area contributed by atoms with Crippen LogP contribution >= 0.6 is 0 Å². The van der Waals surface area contributed by atoms with Crippen LogP contribution in [-0.4, -0.2) is 58.1 Å². The first kappa shape index (κ1) is 16.2. The van der Waals surface area contributed by atoms with E-state index in [0.717, 1.165) is 48.5 Å². The standard InChI is InChI=1S/C18H22FN5O/c1-12-21-16-10-20-5-2-15(16)18(22-12)23-6-3-14(4-7-23)24-11-13(9-19)8-17(24)25/h2,5,10,13-14H,3-4,6-9,11H2,1H3. The van der Waals surface area contributed by atoms with Crippen molar-refractivity contribution in [1.82, 2.24) is 19.9 Å². The Balaban J connectivity index is 1.50. The summed E-state index contributed by atoms with van der Waals surface area (Å²) in [5.74, 6) is 1.66. The number of likely N-dealkylation sites (tertiary alicyclic amines) is 1. The molecule has 1 unspecified atom stereocenters. The fraction of sp³-hybridized carbons (Fsp3) is 0.556. The van der Waals surface area contributed by atoms with E-state index in [1.165, 1.54) is 0 Å². The van der Waals surface area contributed by atoms with Gasteiger partial charge in [-0.15, -0.1) is 0 Å². The molecule has 0 saturated carbocycles. The van der Waals surface area contributed by atoms with Gasteiger partial charge in [-0.2, -0.15) is 0 Å². The molecule has 25 heavy (non-hydrogen) atoms. The number of alkyl halides is 1. The Labute approximate surface area is 146 Å². The highest BCUT2D eigenvalue weighted by atomic mass is 19.1. The van der Waals surface area contributed by atoms with E-state index in [1.807, 2.05) is 17.9 Å². The van der Waals surface area contributed by atoms with Crippen LogP contribution in [-0.2, 0) is 4.79 Å². The maximum atomic E-state index is 12.9. The molecule has 2 aliphatic rings. The number of pyridine rings is 1. The normalized spacial score (nSPS) is 22.2. The fourth-order valence-electron chi connectivity index (χ4n) is 3.97. The third kappa shape index (κ3) is 3.03. The van der Waals surface area contributed by atoms with Crippen molar-refractivity contribution in [3.05, 3.63) is 24.3 Å². The quantitative estimate of drug-likeness (QED) is 0.854. The van der Waals surface area contributed by atoms with Crippen LogP contribution in [0.1, 0.15) is 25.1 Å². The van der Waals surface area contributed by atoms with E-state index in [4.69, 9.17) is 0 Å². The monoisotopic (exact) mass is 343 g/mol. The number of aromatic nitrogens is 3. The van der Waals surface area contributed by atoms with Crippen molar-refractivity contribution in [3.63, 3.8) is 0 Å². The van der Waals surface area contributed by atoms with Gasteiger partial charge in [0, 0.05) is 49.6 Å². The Hall–Kier alpha value is -2.31. The molecule has 4 heterocycles. The number of piperidine rings is 1. The molecule has 0 aliphatic carbocycles. The molecular weight excluding hydrogens is 321 g/mol. The van der Waals surface area contributed by atoms with Crippen LogP contribution in [0.25, 0.3) is 10.9 Å². The van der Waals surface area contributed by atoms with E-state index in [1.54, 1.807) is 12.4 Å². The van der Waals surface area contributed by atoms with Crippen molar-refractivity contribution < 1.29 is 9.18 Å². The van der Waals surface area contributed by atoms with Crippen molar-refractivity contribution in [1.29, 1.82) is 0 Å². The van der Waals surface area contributed by atoms with Gasteiger partial charge in [-0.3, -0.25) is 14.2 Å². The first-order chi connectivity index (χ1) is 12.2. The van der Waals surface area contributed by atoms with Crippen molar-refractivity contribution in [3.8, 4) is 0 Å². The summed E-state index contributed by atoms with van der Waals surface area (Å²) in [4.78, 5) is 29.5. The van der Waals surface area contributed by atoms with E-state index in [9.17, 15) is 9.18 Å². The van der Waals surface area contributed by atoms with Gasteiger partial charge in [0.15, 0.2) is 0 Å². The highest BCUT2D eigenvalue weighted by Gasteiger charge is 2.36. The van der Waals surface area contributed by atoms with Crippen molar-refractivity contribution in [2.75, 3.05) is 31.2 Å². The first-order valence-electron chi connectivity index (χ1n) is 8.84. The number of halogens is 1. The third-order valence-electron chi connectivity index (χ3n) is 5.25. The molecule has 0 spiro atoms. The van der Waals surface area contributed by atoms with E-state index in [2.05, 4.69) is 19.9 Å². The van der Waals surface area contributed by atoms with E-state index in [0.29, 0.717) is 13.0 Å². The lowest BCUT2D eigenvalue weighted by Crippen LogP contribution is -2.46. The van der Waals surface area contributed by atoms with Crippen molar-refractivity contribution in [2.45, 2.75) is 32.2 Å². The van der Waals surface area contributed by atoms with Gasteiger partial charge in [0.2, 0.25) is 5.91 Å². The first-order valence-corrected chi connectivity index (χ1v) is 8.84. The largest absolute Gasteiger partial charge is 0.356 e. The summed E-state index contributed by atoms with van der Waals surface area (Å²) in [6.45, 7) is 3.73. The van der Waals surface area contributed by atoms with E-state index in [-0.39, 0.29) is 17.9 Å². The van der Waals surface area contributed by atoms with E-state index >= 15 is 0 Å². The number of fused-ring (bicyclic) bond motifs is 1. The summed E-state index contributed by atoms with van der Waals surface area (Å²) in [6, 6.07) is 2.17. The maximum Gasteiger partial charge on any atom is 0.223 e. The summed E-state index contributed by atoms with van der Waals surface area (Å²) >= 11 is 0. The Kier molecular flexibility index (Phi) is 4.23. The van der Waals surface area contributed by atoms with Crippen LogP contribution in [0.2, 0.25) is 0 Å². The second-order valence-corrected chi connectivity index (χ2v) is 6.98. The average Bonchev–Trinajstić information content (AvgIpc) is 3.02. The topological polar surface area (TPSA) is 62.2 Å². The smallest absolute Gasteiger partial charge is 0.223 e. The van der Waals surface area contributed by atoms with Crippen LogP contribution < -0.4 is 4.90 Å². The molecule has 2 saturated heterocycles. The lowest BCUT2D eigenvalue weighted by atomic mass is 10.0. The minimum Gasteiger partial charge on any atom is -0.356 e. The predicted octanol–water partition coefficient (Wildman–Crippen LogP) is 2.12. The number of aryl methyl sites for hydroxylation is 1. The van der Waals surface area contributed by atoms with Crippen molar-refractivity contribution >= 4 is 22.6 Å². The Morgan fingerprint density at radius 3 is 2.80 bits per heavy atom. The minimum atomic E-state index is -0.401. The number of amides is 1. The number of rotatable bonds is 3. The van der Waals surface area contributed by atoms with Crippen LogP contribution in [0.3, 0.4) is 0 Å². The number of carbonyl (C=O) groups is 1. The lowest BCUT2D eigenvalue weighted by molar-refractivity contribution is -0.130. The van der Waals surface area contributed by atoms with Crippen LogP contribution in [0.5, 0.6) is 0 Å². The second-order valence-electron chi connectivity index (χ2n) is 6.98. The molecule has 2 aromatic heterocycles. The zero-order valence-corrected chi connectivity index (χ0v) is 14.4. The number of anilines is 1. The Bertz CT molecular complexity index is 790. The van der Waals surface area contributed by atoms with Gasteiger partial charge in [0.25, 0.3) is 0 Å². The Morgan fingerprint density at radius 2 is 2.08 bits per heavy atom. The molecular formula is C18H22FN5O. The molecule has 2 aromatic rings. The molecule has 2 fully saturated rings. The average molecular weight is 343 g/mol. The van der Waals surface area contributed by atoms with E-state index < -0.39 is 6.67 Å². The van der Waals surface area contributed by atoms with Gasteiger partial charge in [0.05, 0.1) is 18.4 Å². The van der Waals surface area contributed by atoms with Gasteiger partial charge < -0.3 is 9.80 Å². The molecule has 0 aromatic carbocycles. The molecule has 1 atom stereocenters.